The molecule has 13 heavy (non-hydrogen) atoms. The van der Waals surface area contributed by atoms with Crippen LogP contribution in [0.4, 0.5) is 0 Å². The minimum atomic E-state index is 0.998. The highest BCUT2D eigenvalue weighted by atomic mass is 32.7. The predicted molar refractivity (Wildman–Crippen MR) is 65.1 cm³/mol. The SMILES string of the molecule is CC.CPSCCc1[nH]ncc1C. The van der Waals surface area contributed by atoms with Gasteiger partial charge in [0.05, 0.1) is 6.20 Å². The summed E-state index contributed by atoms with van der Waals surface area (Å²) < 4.78 is 0. The summed E-state index contributed by atoms with van der Waals surface area (Å²) in [5, 5.41) is 6.97. The molecule has 0 radical (unpaired) electrons. The largest absolute Gasteiger partial charge is 0.282 e. The maximum absolute atomic E-state index is 3.97. The molecule has 4 heteroatoms. The van der Waals surface area contributed by atoms with E-state index in [1.54, 1.807) is 0 Å². The molecule has 1 heterocycles. The van der Waals surface area contributed by atoms with E-state index >= 15 is 0 Å². The van der Waals surface area contributed by atoms with Crippen LogP contribution in [0.1, 0.15) is 25.1 Å². The average molecular weight is 218 g/mol. The number of hydrogen-bond acceptors (Lipinski definition) is 2. The second kappa shape index (κ2) is 8.58. The second-order valence-corrected chi connectivity index (χ2v) is 5.53. The van der Waals surface area contributed by atoms with E-state index in [-0.39, 0.29) is 0 Å². The molecule has 0 amide bonds. The molecule has 0 aliphatic rings. The maximum Gasteiger partial charge on any atom is 0.0519 e. The number of rotatable bonds is 4. The summed E-state index contributed by atoms with van der Waals surface area (Å²) in [6.45, 7) is 8.31. The first-order valence-electron chi connectivity index (χ1n) is 4.62. The van der Waals surface area contributed by atoms with Gasteiger partial charge in [0, 0.05) is 11.4 Å². The molecule has 0 aromatic carbocycles. The number of aryl methyl sites for hydroxylation is 2. The minimum absolute atomic E-state index is 0.998. The van der Waals surface area contributed by atoms with Gasteiger partial charge in [-0.3, -0.25) is 5.10 Å². The number of nitrogens with zero attached hydrogens (tertiary/aromatic N) is 1. The molecule has 0 saturated carbocycles. The number of hydrogen-bond donors (Lipinski definition) is 1. The van der Waals surface area contributed by atoms with Gasteiger partial charge in [-0.2, -0.15) is 5.10 Å². The molecule has 0 fully saturated rings. The topological polar surface area (TPSA) is 28.7 Å². The van der Waals surface area contributed by atoms with Crippen LogP contribution in [0, 0.1) is 6.92 Å². The highest BCUT2D eigenvalue weighted by Crippen LogP contribution is 2.25. The fourth-order valence-electron chi connectivity index (χ4n) is 0.881. The quantitative estimate of drug-likeness (QED) is 0.621. The van der Waals surface area contributed by atoms with E-state index in [0.29, 0.717) is 0 Å². The van der Waals surface area contributed by atoms with Crippen LogP contribution in [0.25, 0.3) is 0 Å². The van der Waals surface area contributed by atoms with Crippen molar-refractivity contribution in [2.45, 2.75) is 27.2 Å². The van der Waals surface area contributed by atoms with Crippen molar-refractivity contribution in [3.8, 4) is 0 Å². The lowest BCUT2D eigenvalue weighted by Gasteiger charge is -1.96. The molecule has 0 bridgehead atoms. The summed E-state index contributed by atoms with van der Waals surface area (Å²) in [5.41, 5.74) is 2.57. The third-order valence-corrected chi connectivity index (χ3v) is 3.71. The third kappa shape index (κ3) is 5.33. The highest BCUT2D eigenvalue weighted by molar-refractivity contribution is 8.49. The zero-order valence-electron chi connectivity index (χ0n) is 8.85. The summed E-state index contributed by atoms with van der Waals surface area (Å²) >= 11 is 2.00. The van der Waals surface area contributed by atoms with Gasteiger partial charge in [0.2, 0.25) is 0 Å². The fraction of sp³-hybridized carbons (Fsp3) is 0.667. The molecular formula is C9H19N2PS. The molecule has 1 atom stereocenters. The molecule has 1 unspecified atom stereocenters. The lowest BCUT2D eigenvalue weighted by atomic mass is 10.2. The zero-order valence-corrected chi connectivity index (χ0v) is 10.7. The Morgan fingerprint density at radius 3 is 2.69 bits per heavy atom. The smallest absolute Gasteiger partial charge is 0.0519 e. The Morgan fingerprint density at radius 1 is 1.54 bits per heavy atom. The van der Waals surface area contributed by atoms with Gasteiger partial charge in [0.25, 0.3) is 0 Å². The molecule has 0 aliphatic heterocycles. The summed E-state index contributed by atoms with van der Waals surface area (Å²) in [7, 11) is 0.998. The van der Waals surface area contributed by atoms with Crippen molar-refractivity contribution in [3.05, 3.63) is 17.5 Å². The Morgan fingerprint density at radius 2 is 2.23 bits per heavy atom. The number of nitrogens with one attached hydrogen (secondary N) is 1. The van der Waals surface area contributed by atoms with Crippen LogP contribution in [0.3, 0.4) is 0 Å². The Kier molecular flexibility index (Phi) is 8.58. The van der Waals surface area contributed by atoms with Crippen molar-refractivity contribution in [1.82, 2.24) is 10.2 Å². The number of aromatic amines is 1. The van der Waals surface area contributed by atoms with Crippen LogP contribution in [0.15, 0.2) is 6.20 Å². The standard InChI is InChI=1S/C7H13N2PS.C2H6/c1-6-5-8-9-7(6)3-4-11-10-2;1-2/h5,10H,3-4H2,1-2H3,(H,8,9);1-2H3. The third-order valence-electron chi connectivity index (χ3n) is 1.53. The molecule has 1 aromatic rings. The Hall–Kier alpha value is -0.0100. The van der Waals surface area contributed by atoms with Gasteiger partial charge >= 0.3 is 0 Å². The maximum atomic E-state index is 3.97. The molecule has 76 valence electrons. The minimum Gasteiger partial charge on any atom is -0.282 e. The molecule has 0 aliphatic carbocycles. The number of aromatic nitrogens is 2. The van der Waals surface area contributed by atoms with Crippen molar-refractivity contribution in [2.24, 2.45) is 0 Å². The lowest BCUT2D eigenvalue weighted by molar-refractivity contribution is 0.977. The average Bonchev–Trinajstić information content (AvgIpc) is 2.56. The van der Waals surface area contributed by atoms with Gasteiger partial charge in [-0.1, -0.05) is 21.6 Å². The normalized spacial score (nSPS) is 10.2. The Bertz CT molecular complexity index is 213. The fourth-order valence-corrected chi connectivity index (χ4v) is 2.31. The molecule has 1 rings (SSSR count). The molecular weight excluding hydrogens is 199 g/mol. The summed E-state index contributed by atoms with van der Waals surface area (Å²) in [6.07, 6.45) is 3.01. The predicted octanol–water partition coefficient (Wildman–Crippen LogP) is 3.24. The molecule has 0 spiro atoms. The van der Waals surface area contributed by atoms with E-state index in [4.69, 9.17) is 0 Å². The molecule has 2 nitrogen and oxygen atoms in total. The first-order valence-corrected chi connectivity index (χ1v) is 7.83. The zero-order chi connectivity index (χ0) is 10.1. The van der Waals surface area contributed by atoms with Crippen molar-refractivity contribution in [1.29, 1.82) is 0 Å². The van der Waals surface area contributed by atoms with Crippen LogP contribution in [0.5, 0.6) is 0 Å². The Labute approximate surface area is 86.8 Å². The molecule has 0 saturated heterocycles. The first kappa shape index (κ1) is 13.0. The highest BCUT2D eigenvalue weighted by Gasteiger charge is 1.98. The van der Waals surface area contributed by atoms with E-state index < -0.39 is 0 Å². The molecule has 1 N–H and O–H groups in total. The van der Waals surface area contributed by atoms with Crippen LogP contribution in [-0.4, -0.2) is 22.6 Å². The van der Waals surface area contributed by atoms with Crippen LogP contribution < -0.4 is 0 Å². The van der Waals surface area contributed by atoms with Gasteiger partial charge in [-0.15, -0.1) is 11.4 Å². The summed E-state index contributed by atoms with van der Waals surface area (Å²) in [4.78, 5) is 0. The van der Waals surface area contributed by atoms with Gasteiger partial charge in [-0.25, -0.2) is 0 Å². The van der Waals surface area contributed by atoms with Crippen molar-refractivity contribution >= 4 is 19.2 Å². The van der Waals surface area contributed by atoms with E-state index in [2.05, 4.69) is 23.8 Å². The Balaban J connectivity index is 0.000000671. The first-order chi connectivity index (χ1) is 6.34. The summed E-state index contributed by atoms with van der Waals surface area (Å²) in [5.74, 6) is 1.21. The van der Waals surface area contributed by atoms with Crippen LogP contribution in [-0.2, 0) is 6.42 Å². The van der Waals surface area contributed by atoms with Gasteiger partial charge in [0.15, 0.2) is 0 Å². The van der Waals surface area contributed by atoms with Gasteiger partial charge in [-0.05, 0) is 25.6 Å². The van der Waals surface area contributed by atoms with E-state index in [1.807, 2.05) is 31.4 Å². The van der Waals surface area contributed by atoms with Crippen LogP contribution >= 0.6 is 19.2 Å². The van der Waals surface area contributed by atoms with Crippen molar-refractivity contribution in [3.63, 3.8) is 0 Å². The summed E-state index contributed by atoms with van der Waals surface area (Å²) in [6, 6.07) is 0. The molecule has 1 aromatic heterocycles. The van der Waals surface area contributed by atoms with E-state index in [1.165, 1.54) is 17.0 Å². The van der Waals surface area contributed by atoms with E-state index in [9.17, 15) is 0 Å². The number of H-pyrrole nitrogens is 1. The van der Waals surface area contributed by atoms with Gasteiger partial charge < -0.3 is 0 Å². The second-order valence-electron chi connectivity index (χ2n) is 2.33. The van der Waals surface area contributed by atoms with E-state index in [0.717, 1.165) is 14.2 Å². The monoisotopic (exact) mass is 218 g/mol. The van der Waals surface area contributed by atoms with Crippen molar-refractivity contribution in [2.75, 3.05) is 12.4 Å². The lowest BCUT2D eigenvalue weighted by Crippen LogP contribution is -1.89. The van der Waals surface area contributed by atoms with Gasteiger partial charge in [0.1, 0.15) is 0 Å². The van der Waals surface area contributed by atoms with Crippen LogP contribution in [0.2, 0.25) is 0 Å². The van der Waals surface area contributed by atoms with Crippen molar-refractivity contribution < 1.29 is 0 Å².